The van der Waals surface area contributed by atoms with Gasteiger partial charge in [0, 0.05) is 0 Å². The molecular formula is C36H62O7. The van der Waals surface area contributed by atoms with E-state index in [0.29, 0.717) is 18.3 Å². The predicted octanol–water partition coefficient (Wildman–Crippen LogP) is 5.35. The molecule has 5 N–H and O–H groups in total. The fourth-order valence-electron chi connectivity index (χ4n) is 11.8. The standard InChI is InChI=1S/C36H62O7/c1-20(2)11-10-15-36(9,43-31-30(41)29(40)28(39)21(3)42-31)22-12-17-35(8)27(22)23(37)19-25-33(6)16-14-26(38)32(4,5)24(33)13-18-34(25,35)7/h11,21-31,37-41H,10,12-19H2,1-9H3/t21?,22?,23?,24?,25?,26?,27?,28?,29?,30?,31?,33?,34?,35-,36+/m1/s1. The number of fused-ring (bicyclic) bond motifs is 5. The van der Waals surface area contributed by atoms with Gasteiger partial charge in [-0.25, -0.2) is 0 Å². The van der Waals surface area contributed by atoms with Crippen molar-refractivity contribution in [2.24, 2.45) is 45.3 Å². The van der Waals surface area contributed by atoms with Crippen LogP contribution < -0.4 is 0 Å². The zero-order valence-corrected chi connectivity index (χ0v) is 28.3. The van der Waals surface area contributed by atoms with Crippen LogP contribution in [0.25, 0.3) is 0 Å². The second kappa shape index (κ2) is 11.3. The summed E-state index contributed by atoms with van der Waals surface area (Å²) in [6.07, 6.45) is 4.06. The molecule has 0 bridgehead atoms. The number of aliphatic hydroxyl groups excluding tert-OH is 5. The Morgan fingerprint density at radius 1 is 0.860 bits per heavy atom. The number of hydrogen-bond donors (Lipinski definition) is 5. The normalized spacial score (nSPS) is 52.4. The molecule has 248 valence electrons. The van der Waals surface area contributed by atoms with E-state index in [9.17, 15) is 25.5 Å². The summed E-state index contributed by atoms with van der Waals surface area (Å²) in [5.41, 5.74) is 0.403. The van der Waals surface area contributed by atoms with E-state index in [1.807, 2.05) is 0 Å². The van der Waals surface area contributed by atoms with Gasteiger partial charge in [-0.15, -0.1) is 0 Å². The van der Waals surface area contributed by atoms with E-state index in [1.54, 1.807) is 6.92 Å². The van der Waals surface area contributed by atoms with Crippen molar-refractivity contribution in [1.82, 2.24) is 0 Å². The fourth-order valence-corrected chi connectivity index (χ4v) is 11.8. The minimum absolute atomic E-state index is 0.0291. The molecule has 1 saturated heterocycles. The minimum Gasteiger partial charge on any atom is -0.393 e. The first-order valence-electron chi connectivity index (χ1n) is 17.2. The van der Waals surface area contributed by atoms with Crippen LogP contribution in [0.2, 0.25) is 0 Å². The maximum Gasteiger partial charge on any atom is 0.187 e. The Morgan fingerprint density at radius 2 is 1.51 bits per heavy atom. The van der Waals surface area contributed by atoms with Gasteiger partial charge in [-0.2, -0.15) is 0 Å². The molecule has 43 heavy (non-hydrogen) atoms. The molecule has 5 aliphatic rings. The van der Waals surface area contributed by atoms with Gasteiger partial charge in [-0.3, -0.25) is 0 Å². The van der Waals surface area contributed by atoms with Crippen molar-refractivity contribution >= 4 is 0 Å². The average Bonchev–Trinajstić information content (AvgIpc) is 3.30. The molecule has 15 atom stereocenters. The Morgan fingerprint density at radius 3 is 2.16 bits per heavy atom. The summed E-state index contributed by atoms with van der Waals surface area (Å²) >= 11 is 0. The number of allylic oxidation sites excluding steroid dienone is 2. The van der Waals surface area contributed by atoms with Gasteiger partial charge in [0.15, 0.2) is 6.29 Å². The molecule has 0 aromatic carbocycles. The molecule has 5 fully saturated rings. The molecule has 0 spiro atoms. The second-order valence-corrected chi connectivity index (χ2v) is 17.3. The van der Waals surface area contributed by atoms with Crippen molar-refractivity contribution in [3.8, 4) is 0 Å². The third-order valence-electron chi connectivity index (χ3n) is 14.5. The van der Waals surface area contributed by atoms with E-state index >= 15 is 0 Å². The topological polar surface area (TPSA) is 120 Å². The molecule has 7 heteroatoms. The van der Waals surface area contributed by atoms with E-state index < -0.39 is 42.4 Å². The van der Waals surface area contributed by atoms with Crippen LogP contribution in [0.5, 0.6) is 0 Å². The smallest absolute Gasteiger partial charge is 0.187 e. The van der Waals surface area contributed by atoms with Crippen molar-refractivity contribution in [2.45, 2.75) is 169 Å². The van der Waals surface area contributed by atoms with E-state index in [1.165, 1.54) is 5.57 Å². The first-order chi connectivity index (χ1) is 19.8. The van der Waals surface area contributed by atoms with Crippen LogP contribution in [-0.4, -0.2) is 74.0 Å². The van der Waals surface area contributed by atoms with Crippen molar-refractivity contribution < 1.29 is 35.0 Å². The van der Waals surface area contributed by atoms with Gasteiger partial charge in [-0.1, -0.05) is 46.3 Å². The highest BCUT2D eigenvalue weighted by Crippen LogP contribution is 2.76. The lowest BCUT2D eigenvalue weighted by molar-refractivity contribution is -0.330. The maximum absolute atomic E-state index is 12.2. The first kappa shape index (κ1) is 33.8. The summed E-state index contributed by atoms with van der Waals surface area (Å²) in [6.45, 7) is 19.9. The van der Waals surface area contributed by atoms with Gasteiger partial charge in [0.05, 0.1) is 23.9 Å². The molecule has 0 radical (unpaired) electrons. The SMILES string of the molecule is CC(C)=CCC[C@](C)(OC1OC(C)C(O)C(O)C1O)C1CC[C@]2(C)C1C(O)CC1C3(C)CCC(O)C(C)(C)C3CCC12C. The lowest BCUT2D eigenvalue weighted by Gasteiger charge is -2.70. The van der Waals surface area contributed by atoms with Crippen LogP contribution >= 0.6 is 0 Å². The van der Waals surface area contributed by atoms with Crippen LogP contribution in [0.3, 0.4) is 0 Å². The Hall–Kier alpha value is -0.540. The summed E-state index contributed by atoms with van der Waals surface area (Å²) in [5, 5.41) is 55.1. The highest BCUT2D eigenvalue weighted by Gasteiger charge is 2.71. The molecule has 4 aliphatic carbocycles. The third kappa shape index (κ3) is 5.10. The number of ether oxygens (including phenoxy) is 2. The molecule has 0 aromatic rings. The monoisotopic (exact) mass is 606 g/mol. The Kier molecular flexibility index (Phi) is 8.89. The quantitative estimate of drug-likeness (QED) is 0.259. The fraction of sp³-hybridized carbons (Fsp3) is 0.944. The lowest BCUT2D eigenvalue weighted by Crippen LogP contribution is -2.67. The first-order valence-corrected chi connectivity index (χ1v) is 17.2. The van der Waals surface area contributed by atoms with Crippen molar-refractivity contribution in [1.29, 1.82) is 0 Å². The zero-order valence-electron chi connectivity index (χ0n) is 28.3. The summed E-state index contributed by atoms with van der Waals surface area (Å²) in [6, 6.07) is 0. The summed E-state index contributed by atoms with van der Waals surface area (Å²) in [5.74, 6) is 0.875. The Balaban J connectivity index is 1.49. The maximum atomic E-state index is 12.2. The highest BCUT2D eigenvalue weighted by atomic mass is 16.7. The number of rotatable bonds is 6. The molecule has 5 rings (SSSR count). The molecule has 4 saturated carbocycles. The molecular weight excluding hydrogens is 544 g/mol. The number of hydrogen-bond acceptors (Lipinski definition) is 7. The van der Waals surface area contributed by atoms with Crippen LogP contribution in [0.4, 0.5) is 0 Å². The summed E-state index contributed by atoms with van der Waals surface area (Å²) in [4.78, 5) is 0. The Bertz CT molecular complexity index is 1060. The van der Waals surface area contributed by atoms with Gasteiger partial charge in [0.2, 0.25) is 0 Å². The third-order valence-corrected chi connectivity index (χ3v) is 14.5. The predicted molar refractivity (Wildman–Crippen MR) is 167 cm³/mol. The van der Waals surface area contributed by atoms with E-state index in [0.717, 1.165) is 51.4 Å². The lowest BCUT2D eigenvalue weighted by atomic mass is 9.35. The van der Waals surface area contributed by atoms with Gasteiger partial charge in [0.25, 0.3) is 0 Å². The average molecular weight is 607 g/mol. The van der Waals surface area contributed by atoms with Gasteiger partial charge >= 0.3 is 0 Å². The van der Waals surface area contributed by atoms with Gasteiger partial charge in [0.1, 0.15) is 18.3 Å². The highest BCUT2D eigenvalue weighted by molar-refractivity contribution is 5.20. The van der Waals surface area contributed by atoms with Gasteiger partial charge in [-0.05, 0) is 131 Å². The largest absolute Gasteiger partial charge is 0.393 e. The van der Waals surface area contributed by atoms with E-state index in [2.05, 4.69) is 61.5 Å². The Labute approximate surface area is 260 Å². The van der Waals surface area contributed by atoms with E-state index in [4.69, 9.17) is 9.47 Å². The summed E-state index contributed by atoms with van der Waals surface area (Å²) in [7, 11) is 0. The molecule has 7 nitrogen and oxygen atoms in total. The summed E-state index contributed by atoms with van der Waals surface area (Å²) < 4.78 is 12.8. The van der Waals surface area contributed by atoms with Crippen LogP contribution in [0.1, 0.15) is 120 Å². The molecule has 0 aromatic heterocycles. The molecule has 1 heterocycles. The van der Waals surface area contributed by atoms with Crippen molar-refractivity contribution in [3.05, 3.63) is 11.6 Å². The molecule has 0 amide bonds. The van der Waals surface area contributed by atoms with Crippen LogP contribution in [-0.2, 0) is 9.47 Å². The van der Waals surface area contributed by atoms with Crippen LogP contribution in [0.15, 0.2) is 11.6 Å². The molecule has 1 aliphatic heterocycles. The zero-order chi connectivity index (χ0) is 31.9. The van der Waals surface area contributed by atoms with E-state index in [-0.39, 0.29) is 39.6 Å². The molecule has 13 unspecified atom stereocenters. The van der Waals surface area contributed by atoms with Crippen LogP contribution in [0, 0.1) is 45.3 Å². The minimum atomic E-state index is -1.36. The number of aliphatic hydroxyl groups is 5. The van der Waals surface area contributed by atoms with Crippen molar-refractivity contribution in [2.75, 3.05) is 0 Å². The second-order valence-electron chi connectivity index (χ2n) is 17.3. The van der Waals surface area contributed by atoms with Gasteiger partial charge < -0.3 is 35.0 Å². The van der Waals surface area contributed by atoms with Crippen molar-refractivity contribution in [3.63, 3.8) is 0 Å².